The van der Waals surface area contributed by atoms with E-state index in [9.17, 15) is 4.79 Å². The molecule has 1 amide bonds. The Bertz CT molecular complexity index is 551. The minimum atomic E-state index is 0.119. The van der Waals surface area contributed by atoms with Crippen molar-refractivity contribution in [2.75, 3.05) is 33.2 Å². The average molecular weight is 350 g/mol. The van der Waals surface area contributed by atoms with E-state index in [0.29, 0.717) is 0 Å². The summed E-state index contributed by atoms with van der Waals surface area (Å²) in [6.07, 6.45) is 8.39. The Morgan fingerprint density at radius 3 is 2.50 bits per heavy atom. The molecule has 134 valence electrons. The van der Waals surface area contributed by atoms with E-state index in [4.69, 9.17) is 12.2 Å². The Morgan fingerprint density at radius 2 is 1.83 bits per heavy atom. The smallest absolute Gasteiger partial charge is 0.246 e. The van der Waals surface area contributed by atoms with Gasteiger partial charge in [-0.2, -0.15) is 0 Å². The molecule has 0 saturated carbocycles. The first-order valence-corrected chi connectivity index (χ1v) is 9.40. The molecule has 1 fully saturated rings. The molecule has 1 saturated heterocycles. The molecule has 0 bridgehead atoms. The summed E-state index contributed by atoms with van der Waals surface area (Å²) in [5, 5.41) is 3.79. The minimum Gasteiger partial charge on any atom is -0.366 e. The molecular formula is C19H31N3OS. The van der Waals surface area contributed by atoms with E-state index in [1.54, 1.807) is 6.08 Å². The van der Waals surface area contributed by atoms with Crippen LogP contribution in [-0.4, -0.2) is 54.0 Å². The van der Waals surface area contributed by atoms with Crippen molar-refractivity contribution >= 4 is 23.2 Å². The van der Waals surface area contributed by atoms with Gasteiger partial charge < -0.3 is 15.1 Å². The van der Waals surface area contributed by atoms with Crippen molar-refractivity contribution in [2.24, 2.45) is 5.41 Å². The molecule has 1 heterocycles. The molecule has 0 atom stereocenters. The number of rotatable bonds is 2. The van der Waals surface area contributed by atoms with Crippen molar-refractivity contribution in [3.63, 3.8) is 0 Å². The highest BCUT2D eigenvalue weighted by atomic mass is 32.1. The van der Waals surface area contributed by atoms with Crippen LogP contribution in [0.2, 0.25) is 0 Å². The van der Waals surface area contributed by atoms with Gasteiger partial charge in [0.05, 0.1) is 0 Å². The molecule has 0 spiro atoms. The largest absolute Gasteiger partial charge is 0.366 e. The van der Waals surface area contributed by atoms with Crippen LogP contribution in [0.1, 0.15) is 46.5 Å². The standard InChI is InChI=1S/C19H31N3OS/c1-15-7-5-10-19(2,3)16(15)8-9-17(23)21-11-6-12-22(14-13-21)18(24)20-4/h8-9H,5-7,10-14H2,1-4H3,(H,20,24)/b9-8+. The first-order valence-electron chi connectivity index (χ1n) is 8.99. The van der Waals surface area contributed by atoms with Crippen molar-refractivity contribution in [3.8, 4) is 0 Å². The number of amides is 1. The maximum Gasteiger partial charge on any atom is 0.246 e. The van der Waals surface area contributed by atoms with E-state index < -0.39 is 0 Å². The summed E-state index contributed by atoms with van der Waals surface area (Å²) < 4.78 is 0. The predicted octanol–water partition coefficient (Wildman–Crippen LogP) is 3.11. The second-order valence-corrected chi connectivity index (χ2v) is 7.87. The number of carbonyl (C=O) groups excluding carboxylic acids is 1. The van der Waals surface area contributed by atoms with Crippen LogP contribution in [0.3, 0.4) is 0 Å². The zero-order valence-electron chi connectivity index (χ0n) is 15.5. The summed E-state index contributed by atoms with van der Waals surface area (Å²) in [5.74, 6) is 0.119. The van der Waals surface area contributed by atoms with Crippen LogP contribution in [0.4, 0.5) is 0 Å². The molecule has 4 nitrogen and oxygen atoms in total. The van der Waals surface area contributed by atoms with Gasteiger partial charge in [0.1, 0.15) is 0 Å². The summed E-state index contributed by atoms with van der Waals surface area (Å²) >= 11 is 5.31. The summed E-state index contributed by atoms with van der Waals surface area (Å²) in [6, 6.07) is 0. The molecular weight excluding hydrogens is 318 g/mol. The van der Waals surface area contributed by atoms with E-state index in [-0.39, 0.29) is 11.3 Å². The third-order valence-electron chi connectivity index (χ3n) is 5.24. The van der Waals surface area contributed by atoms with Crippen molar-refractivity contribution in [1.82, 2.24) is 15.1 Å². The maximum absolute atomic E-state index is 12.6. The van der Waals surface area contributed by atoms with Gasteiger partial charge in [0.15, 0.2) is 5.11 Å². The van der Waals surface area contributed by atoms with E-state index >= 15 is 0 Å². The van der Waals surface area contributed by atoms with E-state index in [1.807, 2.05) is 11.9 Å². The van der Waals surface area contributed by atoms with Gasteiger partial charge in [-0.15, -0.1) is 0 Å². The molecule has 0 aromatic carbocycles. The number of nitrogens with zero attached hydrogens (tertiary/aromatic N) is 2. The van der Waals surface area contributed by atoms with Gasteiger partial charge in [-0.05, 0) is 55.8 Å². The first-order chi connectivity index (χ1) is 11.3. The van der Waals surface area contributed by atoms with E-state index in [1.165, 1.54) is 24.0 Å². The van der Waals surface area contributed by atoms with Crippen LogP contribution in [0.25, 0.3) is 0 Å². The monoisotopic (exact) mass is 349 g/mol. The van der Waals surface area contributed by atoms with Gasteiger partial charge in [-0.3, -0.25) is 4.79 Å². The molecule has 0 radical (unpaired) electrons. The molecule has 1 N–H and O–H groups in total. The quantitative estimate of drug-likeness (QED) is 0.614. The Hall–Kier alpha value is -1.36. The lowest BCUT2D eigenvalue weighted by atomic mass is 9.72. The normalized spacial score (nSPS) is 21.8. The lowest BCUT2D eigenvalue weighted by Crippen LogP contribution is -2.40. The summed E-state index contributed by atoms with van der Waals surface area (Å²) in [7, 11) is 1.85. The Labute approximate surface area is 152 Å². The number of carbonyl (C=O) groups is 1. The molecule has 0 unspecified atom stereocenters. The van der Waals surface area contributed by atoms with Crippen LogP contribution in [0, 0.1) is 5.41 Å². The zero-order chi connectivity index (χ0) is 17.7. The van der Waals surface area contributed by atoms with Gasteiger partial charge in [-0.1, -0.05) is 25.5 Å². The zero-order valence-corrected chi connectivity index (χ0v) is 16.3. The van der Waals surface area contributed by atoms with E-state index in [0.717, 1.165) is 44.1 Å². The Balaban J connectivity index is 2.00. The van der Waals surface area contributed by atoms with Gasteiger partial charge >= 0.3 is 0 Å². The first kappa shape index (κ1) is 19.0. The summed E-state index contributed by atoms with van der Waals surface area (Å²) in [5.41, 5.74) is 2.94. The van der Waals surface area contributed by atoms with Gasteiger partial charge in [-0.25, -0.2) is 0 Å². The van der Waals surface area contributed by atoms with E-state index in [2.05, 4.69) is 37.1 Å². The lowest BCUT2D eigenvalue weighted by molar-refractivity contribution is -0.125. The molecule has 2 rings (SSSR count). The number of hydrogen-bond acceptors (Lipinski definition) is 2. The van der Waals surface area contributed by atoms with Crippen LogP contribution in [-0.2, 0) is 4.79 Å². The highest BCUT2D eigenvalue weighted by Crippen LogP contribution is 2.40. The Morgan fingerprint density at radius 1 is 1.17 bits per heavy atom. The number of hydrogen-bond donors (Lipinski definition) is 1. The highest BCUT2D eigenvalue weighted by molar-refractivity contribution is 7.80. The van der Waals surface area contributed by atoms with Crippen LogP contribution in [0.5, 0.6) is 0 Å². The second-order valence-electron chi connectivity index (χ2n) is 7.49. The van der Waals surface area contributed by atoms with Crippen LogP contribution in [0.15, 0.2) is 23.3 Å². The fourth-order valence-corrected chi connectivity index (χ4v) is 3.95. The van der Waals surface area contributed by atoms with Gasteiger partial charge in [0.2, 0.25) is 5.91 Å². The molecule has 1 aliphatic carbocycles. The predicted molar refractivity (Wildman–Crippen MR) is 104 cm³/mol. The molecule has 0 aromatic rings. The number of thiocarbonyl (C=S) groups is 1. The van der Waals surface area contributed by atoms with Crippen molar-refractivity contribution in [1.29, 1.82) is 0 Å². The van der Waals surface area contributed by atoms with Gasteiger partial charge in [0, 0.05) is 39.3 Å². The fourth-order valence-electron chi connectivity index (χ4n) is 3.77. The number of nitrogens with one attached hydrogen (secondary N) is 1. The maximum atomic E-state index is 12.6. The topological polar surface area (TPSA) is 35.6 Å². The van der Waals surface area contributed by atoms with Crippen LogP contribution >= 0.6 is 12.2 Å². The SMILES string of the molecule is CNC(=S)N1CCCN(C(=O)/C=C/C2=C(C)CCCC2(C)C)CC1. The average Bonchev–Trinajstić information content (AvgIpc) is 2.79. The number of allylic oxidation sites excluding steroid dienone is 3. The highest BCUT2D eigenvalue weighted by Gasteiger charge is 2.27. The molecule has 2 aliphatic rings. The molecule has 1 aliphatic heterocycles. The third kappa shape index (κ3) is 4.59. The van der Waals surface area contributed by atoms with Crippen molar-refractivity contribution in [2.45, 2.75) is 46.5 Å². The summed E-state index contributed by atoms with van der Waals surface area (Å²) in [6.45, 7) is 10.00. The second kappa shape index (κ2) is 8.15. The van der Waals surface area contributed by atoms with Crippen molar-refractivity contribution in [3.05, 3.63) is 23.3 Å². The van der Waals surface area contributed by atoms with Gasteiger partial charge in [0.25, 0.3) is 0 Å². The lowest BCUT2D eigenvalue weighted by Gasteiger charge is -2.33. The minimum absolute atomic E-state index is 0.119. The molecule has 24 heavy (non-hydrogen) atoms. The van der Waals surface area contributed by atoms with Crippen molar-refractivity contribution < 1.29 is 4.79 Å². The third-order valence-corrected chi connectivity index (χ3v) is 5.71. The summed E-state index contributed by atoms with van der Waals surface area (Å²) in [4.78, 5) is 16.7. The molecule has 0 aromatic heterocycles. The van der Waals surface area contributed by atoms with Crippen LogP contribution < -0.4 is 5.32 Å². The molecule has 5 heteroatoms. The fraction of sp³-hybridized carbons (Fsp3) is 0.684. The Kier molecular flexibility index (Phi) is 6.44.